The molecule has 0 atom stereocenters. The van der Waals surface area contributed by atoms with Crippen LogP contribution in [0.4, 0.5) is 0 Å². The van der Waals surface area contributed by atoms with E-state index in [2.05, 4.69) is 17.2 Å². The third-order valence-electron chi connectivity index (χ3n) is 2.87. The van der Waals surface area contributed by atoms with Crippen LogP contribution in [0.15, 0.2) is 36.5 Å². The summed E-state index contributed by atoms with van der Waals surface area (Å²) in [5.41, 5.74) is 1.76. The van der Waals surface area contributed by atoms with E-state index in [0.29, 0.717) is 17.1 Å². The van der Waals surface area contributed by atoms with Crippen LogP contribution in [-0.4, -0.2) is 15.6 Å². The van der Waals surface area contributed by atoms with E-state index < -0.39 is 0 Å². The Labute approximate surface area is 111 Å². The first-order valence-electron chi connectivity index (χ1n) is 5.93. The minimum Gasteiger partial charge on any atom is -0.292 e. The van der Waals surface area contributed by atoms with Crippen LogP contribution in [0, 0.1) is 0 Å². The van der Waals surface area contributed by atoms with Gasteiger partial charge >= 0.3 is 0 Å². The van der Waals surface area contributed by atoms with E-state index in [4.69, 9.17) is 11.6 Å². The summed E-state index contributed by atoms with van der Waals surface area (Å²) >= 11 is 5.93. The molecule has 1 aromatic heterocycles. The number of aromatic nitrogens is 2. The van der Waals surface area contributed by atoms with Crippen molar-refractivity contribution in [2.45, 2.75) is 19.3 Å². The molecular weight excluding hydrogens is 248 g/mol. The lowest BCUT2D eigenvalue weighted by molar-refractivity contribution is 0.0971. The van der Waals surface area contributed by atoms with Gasteiger partial charge in [0, 0.05) is 13.5 Å². The van der Waals surface area contributed by atoms with Gasteiger partial charge in [0.05, 0.1) is 11.2 Å². The smallest absolute Gasteiger partial charge is 0.182 e. The maximum atomic E-state index is 12.0. The Morgan fingerprint density at radius 2 is 2.06 bits per heavy atom. The molecule has 0 aliphatic rings. The predicted molar refractivity (Wildman–Crippen MR) is 71.9 cm³/mol. The van der Waals surface area contributed by atoms with Crippen molar-refractivity contribution in [2.75, 3.05) is 0 Å². The van der Waals surface area contributed by atoms with E-state index >= 15 is 0 Å². The fourth-order valence-electron chi connectivity index (χ4n) is 1.94. The Morgan fingerprint density at radius 1 is 1.33 bits per heavy atom. The van der Waals surface area contributed by atoms with Crippen molar-refractivity contribution in [3.05, 3.63) is 52.8 Å². The number of hydrogen-bond acceptors (Lipinski definition) is 2. The molecule has 0 fully saturated rings. The SMILES string of the molecule is Cn1ncc(Cl)c1C(=O)CCCc1ccccc1. The van der Waals surface area contributed by atoms with E-state index in [1.807, 2.05) is 18.2 Å². The molecule has 18 heavy (non-hydrogen) atoms. The Morgan fingerprint density at radius 3 is 2.67 bits per heavy atom. The summed E-state index contributed by atoms with van der Waals surface area (Å²) < 4.78 is 1.53. The summed E-state index contributed by atoms with van der Waals surface area (Å²) in [6.45, 7) is 0. The van der Waals surface area contributed by atoms with Crippen LogP contribution in [0.3, 0.4) is 0 Å². The van der Waals surface area contributed by atoms with E-state index in [-0.39, 0.29) is 5.78 Å². The van der Waals surface area contributed by atoms with Crippen LogP contribution >= 0.6 is 11.6 Å². The fourth-order valence-corrected chi connectivity index (χ4v) is 2.21. The topological polar surface area (TPSA) is 34.9 Å². The average molecular weight is 263 g/mol. The minimum absolute atomic E-state index is 0.0518. The molecule has 0 unspecified atom stereocenters. The first-order valence-corrected chi connectivity index (χ1v) is 6.31. The zero-order valence-corrected chi connectivity index (χ0v) is 11.0. The number of ketones is 1. The van der Waals surface area contributed by atoms with E-state index in [1.54, 1.807) is 7.05 Å². The number of halogens is 1. The largest absolute Gasteiger partial charge is 0.292 e. The van der Waals surface area contributed by atoms with Gasteiger partial charge in [-0.25, -0.2) is 0 Å². The van der Waals surface area contributed by atoms with Crippen LogP contribution in [0.5, 0.6) is 0 Å². The number of carbonyl (C=O) groups excluding carboxylic acids is 1. The monoisotopic (exact) mass is 262 g/mol. The summed E-state index contributed by atoms with van der Waals surface area (Å²) in [6, 6.07) is 10.2. The summed E-state index contributed by atoms with van der Waals surface area (Å²) in [4.78, 5) is 12.0. The van der Waals surface area contributed by atoms with Gasteiger partial charge in [-0.2, -0.15) is 5.10 Å². The maximum absolute atomic E-state index is 12.0. The van der Waals surface area contributed by atoms with Gasteiger partial charge in [-0.1, -0.05) is 41.9 Å². The summed E-state index contributed by atoms with van der Waals surface area (Å²) in [5, 5.41) is 4.40. The van der Waals surface area contributed by atoms with Gasteiger partial charge in [0.1, 0.15) is 5.69 Å². The number of rotatable bonds is 5. The number of carbonyl (C=O) groups is 1. The summed E-state index contributed by atoms with van der Waals surface area (Å²) in [6.07, 6.45) is 3.73. The van der Waals surface area contributed by atoms with Gasteiger partial charge in [0.25, 0.3) is 0 Å². The molecule has 3 nitrogen and oxygen atoms in total. The molecule has 2 rings (SSSR count). The molecule has 0 saturated carbocycles. The Hall–Kier alpha value is -1.61. The molecule has 0 amide bonds. The predicted octanol–water partition coefficient (Wildman–Crippen LogP) is 3.28. The van der Waals surface area contributed by atoms with Gasteiger partial charge in [-0.3, -0.25) is 9.48 Å². The third-order valence-corrected chi connectivity index (χ3v) is 3.15. The molecule has 4 heteroatoms. The molecule has 0 spiro atoms. The normalized spacial score (nSPS) is 10.6. The molecule has 0 N–H and O–H groups in total. The number of Topliss-reactive ketones (excluding diaryl/α,β-unsaturated/α-hetero) is 1. The zero-order valence-electron chi connectivity index (χ0n) is 10.3. The highest BCUT2D eigenvalue weighted by Crippen LogP contribution is 2.17. The molecule has 0 radical (unpaired) electrons. The zero-order chi connectivity index (χ0) is 13.0. The van der Waals surface area contributed by atoms with Crippen LogP contribution in [0.1, 0.15) is 28.9 Å². The highest BCUT2D eigenvalue weighted by Gasteiger charge is 2.14. The minimum atomic E-state index is 0.0518. The van der Waals surface area contributed by atoms with E-state index in [9.17, 15) is 4.79 Å². The third kappa shape index (κ3) is 2.99. The number of nitrogens with zero attached hydrogens (tertiary/aromatic N) is 2. The number of hydrogen-bond donors (Lipinski definition) is 0. The van der Waals surface area contributed by atoms with Crippen molar-refractivity contribution in [1.29, 1.82) is 0 Å². The number of aryl methyl sites for hydroxylation is 2. The maximum Gasteiger partial charge on any atom is 0.182 e. The molecule has 0 saturated heterocycles. The molecular formula is C14H15ClN2O. The highest BCUT2D eigenvalue weighted by molar-refractivity contribution is 6.33. The first kappa shape index (κ1) is 12.8. The van der Waals surface area contributed by atoms with Crippen molar-refractivity contribution in [3.63, 3.8) is 0 Å². The van der Waals surface area contributed by atoms with Crippen LogP contribution in [-0.2, 0) is 13.5 Å². The van der Waals surface area contributed by atoms with Crippen LogP contribution in [0.2, 0.25) is 5.02 Å². The van der Waals surface area contributed by atoms with Crippen molar-refractivity contribution in [1.82, 2.24) is 9.78 Å². The van der Waals surface area contributed by atoms with Gasteiger partial charge in [0.2, 0.25) is 0 Å². The lowest BCUT2D eigenvalue weighted by Gasteiger charge is -2.03. The van der Waals surface area contributed by atoms with Gasteiger partial charge in [-0.05, 0) is 18.4 Å². The standard InChI is InChI=1S/C14H15ClN2O/c1-17-14(12(15)10-16-17)13(18)9-5-8-11-6-3-2-4-7-11/h2-4,6-7,10H,5,8-9H2,1H3. The summed E-state index contributed by atoms with van der Waals surface area (Å²) in [5.74, 6) is 0.0518. The lowest BCUT2D eigenvalue weighted by atomic mass is 10.1. The van der Waals surface area contributed by atoms with Gasteiger partial charge < -0.3 is 0 Å². The second-order valence-corrected chi connectivity index (χ2v) is 4.63. The highest BCUT2D eigenvalue weighted by atomic mass is 35.5. The molecule has 0 aliphatic heterocycles. The second-order valence-electron chi connectivity index (χ2n) is 4.23. The summed E-state index contributed by atoms with van der Waals surface area (Å²) in [7, 11) is 1.73. The fraction of sp³-hybridized carbons (Fsp3) is 0.286. The van der Waals surface area contributed by atoms with E-state index in [1.165, 1.54) is 16.4 Å². The van der Waals surface area contributed by atoms with Crippen LogP contribution < -0.4 is 0 Å². The second kappa shape index (κ2) is 5.83. The van der Waals surface area contributed by atoms with Gasteiger partial charge in [-0.15, -0.1) is 0 Å². The lowest BCUT2D eigenvalue weighted by Crippen LogP contribution is -2.07. The van der Waals surface area contributed by atoms with E-state index in [0.717, 1.165) is 12.8 Å². The van der Waals surface area contributed by atoms with Crippen molar-refractivity contribution < 1.29 is 4.79 Å². The Balaban J connectivity index is 1.90. The molecule has 0 bridgehead atoms. The van der Waals surface area contributed by atoms with Crippen LogP contribution in [0.25, 0.3) is 0 Å². The first-order chi connectivity index (χ1) is 8.68. The number of benzene rings is 1. The average Bonchev–Trinajstić information content (AvgIpc) is 2.70. The molecule has 1 heterocycles. The van der Waals surface area contributed by atoms with Crippen molar-refractivity contribution in [2.24, 2.45) is 7.05 Å². The molecule has 1 aromatic carbocycles. The molecule has 2 aromatic rings. The molecule has 94 valence electrons. The quantitative estimate of drug-likeness (QED) is 0.775. The Bertz CT molecular complexity index is 514. The van der Waals surface area contributed by atoms with Crippen molar-refractivity contribution >= 4 is 17.4 Å². The Kier molecular flexibility index (Phi) is 4.15. The molecule has 0 aliphatic carbocycles. The van der Waals surface area contributed by atoms with Gasteiger partial charge in [0.15, 0.2) is 5.78 Å². The van der Waals surface area contributed by atoms with Crippen molar-refractivity contribution in [3.8, 4) is 0 Å².